The number of nitrogens with zero attached hydrogens (tertiary/aromatic N) is 2. The number of hydrogen-bond acceptors (Lipinski definition) is 10. The third-order valence-electron chi connectivity index (χ3n) is 3.60. The lowest BCUT2D eigenvalue weighted by Gasteiger charge is -2.08. The molecule has 0 radical (unpaired) electrons. The Morgan fingerprint density at radius 1 is 0.688 bits per heavy atom. The second-order valence-corrected chi connectivity index (χ2v) is 11.6. The fourth-order valence-electron chi connectivity index (χ4n) is 2.07. The van der Waals surface area contributed by atoms with Crippen molar-refractivity contribution >= 4 is 52.6 Å². The second kappa shape index (κ2) is 9.59. The van der Waals surface area contributed by atoms with Gasteiger partial charge in [-0.3, -0.25) is 20.2 Å². The van der Waals surface area contributed by atoms with Crippen LogP contribution in [0, 0.1) is 20.2 Å². The monoisotopic (exact) mass is 536 g/mol. The third-order valence-corrected chi connectivity index (χ3v) is 8.82. The molecule has 0 amide bonds. The molecule has 0 unspecified atom stereocenters. The summed E-state index contributed by atoms with van der Waals surface area (Å²) in [6, 6.07) is 3.85. The van der Waals surface area contributed by atoms with Crippen LogP contribution in [0.25, 0.3) is 0 Å². The van der Waals surface area contributed by atoms with Gasteiger partial charge in [0.05, 0.1) is 29.4 Å². The topological polar surface area (TPSA) is 155 Å². The highest BCUT2D eigenvalue weighted by atomic mass is 33.1. The maximum absolute atomic E-state index is 12.7. The molecule has 0 bridgehead atoms. The van der Waals surface area contributed by atoms with Crippen molar-refractivity contribution in [1.82, 2.24) is 0 Å². The number of benzene rings is 2. The molecule has 0 atom stereocenters. The number of halogens is 4. The Morgan fingerprint density at radius 2 is 1.00 bits per heavy atom. The molecular weight excluding hydrogens is 528 g/mol. The summed E-state index contributed by atoms with van der Waals surface area (Å²) in [7, 11) is -9.25. The predicted octanol–water partition coefficient (Wildman–Crippen LogP) is 4.30. The summed E-state index contributed by atoms with van der Waals surface area (Å²) in [5.41, 5.74) is -1.77. The van der Waals surface area contributed by atoms with Gasteiger partial charge in [-0.05, 0) is 45.9 Å². The minimum Gasteiger partial charge on any atom is -0.258 e. The number of alkyl halides is 4. The van der Waals surface area contributed by atoms with Crippen LogP contribution in [0.5, 0.6) is 0 Å². The van der Waals surface area contributed by atoms with Crippen molar-refractivity contribution in [3.63, 3.8) is 0 Å². The van der Waals surface area contributed by atoms with E-state index in [0.717, 1.165) is 12.1 Å². The zero-order valence-electron chi connectivity index (χ0n) is 14.9. The molecule has 0 N–H and O–H groups in total. The molecule has 18 heteroatoms. The first kappa shape index (κ1) is 25.8. The highest BCUT2D eigenvalue weighted by Crippen LogP contribution is 2.46. The van der Waals surface area contributed by atoms with E-state index in [1.165, 1.54) is 0 Å². The van der Waals surface area contributed by atoms with Crippen molar-refractivity contribution in [3.05, 3.63) is 56.6 Å². The Labute approximate surface area is 184 Å². The molecule has 0 fully saturated rings. The summed E-state index contributed by atoms with van der Waals surface area (Å²) in [4.78, 5) is 17.8. The number of hydrogen-bond donors (Lipinski definition) is 0. The van der Waals surface area contributed by atoms with E-state index >= 15 is 0 Å². The predicted molar refractivity (Wildman–Crippen MR) is 104 cm³/mol. The van der Waals surface area contributed by atoms with Gasteiger partial charge in [0.25, 0.3) is 11.4 Å². The van der Waals surface area contributed by atoms with Crippen molar-refractivity contribution in [3.8, 4) is 0 Å². The molecule has 0 saturated heterocycles. The van der Waals surface area contributed by atoms with Crippen LogP contribution >= 0.6 is 21.6 Å². The van der Waals surface area contributed by atoms with E-state index in [-0.39, 0.29) is 9.79 Å². The van der Waals surface area contributed by atoms with Gasteiger partial charge in [0.15, 0.2) is 0 Å². The Hall–Kier alpha value is -2.44. The van der Waals surface area contributed by atoms with Crippen LogP contribution < -0.4 is 0 Å². The molecule has 0 aromatic heterocycles. The molecule has 0 aliphatic rings. The molecule has 0 saturated carbocycles. The summed E-state index contributed by atoms with van der Waals surface area (Å²) >= 11 is 0. The van der Waals surface area contributed by atoms with Crippen molar-refractivity contribution in [2.75, 3.05) is 0 Å². The summed E-state index contributed by atoms with van der Waals surface area (Å²) in [6.45, 7) is 0. The first-order valence-electron chi connectivity index (χ1n) is 7.65. The highest BCUT2D eigenvalue weighted by molar-refractivity contribution is 8.76. The smallest absolute Gasteiger partial charge is 0.258 e. The van der Waals surface area contributed by atoms with Crippen LogP contribution in [0.2, 0.25) is 0 Å². The lowest BCUT2D eigenvalue weighted by molar-refractivity contribution is -0.388. The quantitative estimate of drug-likeness (QED) is 0.196. The number of rotatable bonds is 9. The molecule has 32 heavy (non-hydrogen) atoms. The lowest BCUT2D eigenvalue weighted by atomic mass is 10.3. The van der Waals surface area contributed by atoms with E-state index in [4.69, 9.17) is 0 Å². The van der Waals surface area contributed by atoms with E-state index < -0.39 is 62.2 Å². The fraction of sp³-hybridized carbons (Fsp3) is 0.143. The maximum atomic E-state index is 12.7. The van der Waals surface area contributed by atoms with E-state index in [9.17, 15) is 54.6 Å². The Balaban J connectivity index is 2.44. The van der Waals surface area contributed by atoms with E-state index in [1.54, 1.807) is 0 Å². The van der Waals surface area contributed by atoms with Gasteiger partial charge in [0.1, 0.15) is 0 Å². The molecule has 0 aliphatic heterocycles. The summed E-state index contributed by atoms with van der Waals surface area (Å²) in [5.74, 6) is -7.64. The van der Waals surface area contributed by atoms with E-state index in [0.29, 0.717) is 45.9 Å². The summed E-state index contributed by atoms with van der Waals surface area (Å²) < 4.78 is 96.7. The van der Waals surface area contributed by atoms with Gasteiger partial charge in [0, 0.05) is 12.1 Å². The molecule has 0 heterocycles. The average Bonchev–Trinajstić information content (AvgIpc) is 2.71. The minimum atomic E-state index is -5.12. The number of sulfone groups is 2. The van der Waals surface area contributed by atoms with Gasteiger partial charge >= 0.3 is 11.5 Å². The summed E-state index contributed by atoms with van der Waals surface area (Å²) in [6.07, 6.45) is 0. The molecule has 2 aromatic carbocycles. The first-order valence-corrected chi connectivity index (χ1v) is 12.9. The molecule has 2 rings (SSSR count). The maximum Gasteiger partial charge on any atom is 0.341 e. The standard InChI is InChI=1S/C14H8F4N2O8S4/c15-13(16)31(25,26)7-1-3-11(9(5-7)19(21)22)29-30-12-4-2-8(6-10(12)20(23)24)32(27,28)14(17)18/h1-6,13-14H. The van der Waals surface area contributed by atoms with Gasteiger partial charge in [-0.15, -0.1) is 0 Å². The van der Waals surface area contributed by atoms with Gasteiger partial charge in [-0.25, -0.2) is 16.8 Å². The average molecular weight is 536 g/mol. The molecular formula is C14H8F4N2O8S4. The SMILES string of the molecule is O=[N+]([O-])c1cc(S(=O)(=O)C(F)F)ccc1SSc1ccc(S(=O)(=O)C(F)F)cc1[N+](=O)[O-]. The minimum absolute atomic E-state index is 0.271. The van der Waals surface area contributed by atoms with Crippen molar-refractivity contribution in [1.29, 1.82) is 0 Å². The lowest BCUT2D eigenvalue weighted by Crippen LogP contribution is -2.11. The van der Waals surface area contributed by atoms with Crippen molar-refractivity contribution in [2.45, 2.75) is 31.1 Å². The van der Waals surface area contributed by atoms with Gasteiger partial charge in [0.2, 0.25) is 19.7 Å². The van der Waals surface area contributed by atoms with E-state index in [1.807, 2.05) is 0 Å². The second-order valence-electron chi connectivity index (χ2n) is 5.55. The van der Waals surface area contributed by atoms with Crippen LogP contribution in [-0.2, 0) is 19.7 Å². The Morgan fingerprint density at radius 3 is 1.25 bits per heavy atom. The largest absolute Gasteiger partial charge is 0.341 e. The van der Waals surface area contributed by atoms with Crippen LogP contribution in [0.15, 0.2) is 56.0 Å². The molecule has 10 nitrogen and oxygen atoms in total. The van der Waals surface area contributed by atoms with Crippen LogP contribution in [0.4, 0.5) is 28.9 Å². The van der Waals surface area contributed by atoms with Crippen LogP contribution in [0.3, 0.4) is 0 Å². The van der Waals surface area contributed by atoms with Gasteiger partial charge in [-0.1, -0.05) is 0 Å². The zero-order valence-corrected chi connectivity index (χ0v) is 18.2. The number of nitro groups is 2. The van der Waals surface area contributed by atoms with Crippen LogP contribution in [-0.4, -0.2) is 38.2 Å². The molecule has 0 aliphatic carbocycles. The van der Waals surface area contributed by atoms with Gasteiger partial charge in [-0.2, -0.15) is 17.6 Å². The Kier molecular flexibility index (Phi) is 7.74. The molecule has 0 spiro atoms. The van der Waals surface area contributed by atoms with Crippen molar-refractivity contribution < 1.29 is 44.2 Å². The van der Waals surface area contributed by atoms with E-state index in [2.05, 4.69) is 0 Å². The summed E-state index contributed by atoms with van der Waals surface area (Å²) in [5, 5.41) is 22.5. The van der Waals surface area contributed by atoms with Crippen LogP contribution in [0.1, 0.15) is 0 Å². The molecule has 174 valence electrons. The third kappa shape index (κ3) is 5.30. The highest BCUT2D eigenvalue weighted by Gasteiger charge is 2.31. The first-order chi connectivity index (χ1) is 14.7. The van der Waals surface area contributed by atoms with Gasteiger partial charge < -0.3 is 0 Å². The zero-order chi connectivity index (χ0) is 24.4. The molecule has 2 aromatic rings. The fourth-order valence-corrected chi connectivity index (χ4v) is 5.80. The Bertz CT molecular complexity index is 1190. The number of nitro benzene ring substituents is 2. The van der Waals surface area contributed by atoms with Crippen molar-refractivity contribution in [2.24, 2.45) is 0 Å². The normalized spacial score (nSPS) is 12.3.